The van der Waals surface area contributed by atoms with Gasteiger partial charge in [0, 0.05) is 12.6 Å². The largest absolute Gasteiger partial charge is 0.309 e. The third kappa shape index (κ3) is 2.87. The van der Waals surface area contributed by atoms with Crippen LogP contribution >= 0.6 is 0 Å². The molecule has 1 N–H and O–H groups in total. The standard InChI is InChI=1S/C15H20N2/c1-2-12-6-3-4-7-14(12)11-17-15-9-5-8-13(15)10-16/h3-4,6-7,13,15,17H,2,5,8-9,11H2,1H3. The molecule has 2 unspecified atom stereocenters. The maximum absolute atomic E-state index is 9.04. The van der Waals surface area contributed by atoms with Crippen LogP contribution in [-0.2, 0) is 13.0 Å². The van der Waals surface area contributed by atoms with Gasteiger partial charge in [0.15, 0.2) is 0 Å². The number of nitriles is 1. The first-order valence-corrected chi connectivity index (χ1v) is 6.55. The Balaban J connectivity index is 1.96. The summed E-state index contributed by atoms with van der Waals surface area (Å²) in [6.45, 7) is 3.08. The molecular formula is C15H20N2. The molecule has 2 nitrogen and oxygen atoms in total. The molecule has 0 amide bonds. The molecule has 1 aromatic rings. The second-order valence-corrected chi connectivity index (χ2v) is 4.78. The van der Waals surface area contributed by atoms with E-state index in [1.807, 2.05) is 0 Å². The second-order valence-electron chi connectivity index (χ2n) is 4.78. The minimum absolute atomic E-state index is 0.212. The van der Waals surface area contributed by atoms with Gasteiger partial charge in [0.05, 0.1) is 12.0 Å². The molecule has 2 rings (SSSR count). The average Bonchev–Trinajstić information content (AvgIpc) is 2.84. The SMILES string of the molecule is CCc1ccccc1CNC1CCCC1C#N. The topological polar surface area (TPSA) is 35.8 Å². The molecule has 0 aliphatic heterocycles. The lowest BCUT2D eigenvalue weighted by Crippen LogP contribution is -2.31. The molecule has 17 heavy (non-hydrogen) atoms. The van der Waals surface area contributed by atoms with E-state index in [4.69, 9.17) is 5.26 Å². The van der Waals surface area contributed by atoms with Crippen molar-refractivity contribution in [2.24, 2.45) is 5.92 Å². The highest BCUT2D eigenvalue weighted by Crippen LogP contribution is 2.25. The third-order valence-corrected chi connectivity index (χ3v) is 3.74. The molecule has 1 aliphatic carbocycles. The molecule has 1 aliphatic rings. The zero-order valence-electron chi connectivity index (χ0n) is 10.4. The molecule has 1 saturated carbocycles. The summed E-state index contributed by atoms with van der Waals surface area (Å²) in [5, 5.41) is 12.6. The van der Waals surface area contributed by atoms with Crippen molar-refractivity contribution in [2.75, 3.05) is 0 Å². The molecular weight excluding hydrogens is 208 g/mol. The maximum atomic E-state index is 9.04. The summed E-state index contributed by atoms with van der Waals surface area (Å²) in [7, 11) is 0. The van der Waals surface area contributed by atoms with Crippen LogP contribution in [0.25, 0.3) is 0 Å². The van der Waals surface area contributed by atoms with Crippen LogP contribution in [0.5, 0.6) is 0 Å². The van der Waals surface area contributed by atoms with Crippen LogP contribution in [0, 0.1) is 17.2 Å². The Morgan fingerprint density at radius 2 is 2.06 bits per heavy atom. The van der Waals surface area contributed by atoms with Gasteiger partial charge in [-0.25, -0.2) is 0 Å². The molecule has 90 valence electrons. The van der Waals surface area contributed by atoms with Crippen molar-refractivity contribution in [1.29, 1.82) is 5.26 Å². The number of benzene rings is 1. The lowest BCUT2D eigenvalue weighted by Gasteiger charge is -2.17. The fourth-order valence-corrected chi connectivity index (χ4v) is 2.67. The lowest BCUT2D eigenvalue weighted by atomic mass is 10.0. The van der Waals surface area contributed by atoms with Gasteiger partial charge in [-0.3, -0.25) is 0 Å². The minimum atomic E-state index is 0.212. The molecule has 2 atom stereocenters. The highest BCUT2D eigenvalue weighted by Gasteiger charge is 2.26. The van der Waals surface area contributed by atoms with Gasteiger partial charge < -0.3 is 5.32 Å². The Bertz CT molecular complexity index is 406. The quantitative estimate of drug-likeness (QED) is 0.859. The second kappa shape index (κ2) is 5.84. The Kier molecular flexibility index (Phi) is 4.17. The molecule has 0 radical (unpaired) electrons. The van der Waals surface area contributed by atoms with Crippen LogP contribution in [0.3, 0.4) is 0 Å². The summed E-state index contributed by atoms with van der Waals surface area (Å²) in [4.78, 5) is 0. The van der Waals surface area contributed by atoms with E-state index in [0.29, 0.717) is 6.04 Å². The van der Waals surface area contributed by atoms with Crippen molar-refractivity contribution < 1.29 is 0 Å². The summed E-state index contributed by atoms with van der Waals surface area (Å²) in [5.74, 6) is 0.212. The van der Waals surface area contributed by atoms with Crippen molar-refractivity contribution >= 4 is 0 Å². The molecule has 0 bridgehead atoms. The van der Waals surface area contributed by atoms with Crippen LogP contribution in [-0.4, -0.2) is 6.04 Å². The first kappa shape index (κ1) is 12.1. The van der Waals surface area contributed by atoms with Gasteiger partial charge in [0.1, 0.15) is 0 Å². The van der Waals surface area contributed by atoms with E-state index < -0.39 is 0 Å². The van der Waals surface area contributed by atoms with Crippen molar-refractivity contribution in [1.82, 2.24) is 5.32 Å². The Morgan fingerprint density at radius 3 is 2.76 bits per heavy atom. The maximum Gasteiger partial charge on any atom is 0.0672 e. The van der Waals surface area contributed by atoms with E-state index in [1.54, 1.807) is 0 Å². The van der Waals surface area contributed by atoms with E-state index in [1.165, 1.54) is 17.5 Å². The lowest BCUT2D eigenvalue weighted by molar-refractivity contribution is 0.463. The van der Waals surface area contributed by atoms with Crippen molar-refractivity contribution in [3.63, 3.8) is 0 Å². The summed E-state index contributed by atoms with van der Waals surface area (Å²) in [6, 6.07) is 11.4. The van der Waals surface area contributed by atoms with E-state index in [0.717, 1.165) is 25.8 Å². The van der Waals surface area contributed by atoms with Crippen LogP contribution < -0.4 is 5.32 Å². The molecule has 0 spiro atoms. The van der Waals surface area contributed by atoms with Crippen molar-refractivity contribution in [2.45, 2.75) is 45.2 Å². The zero-order valence-corrected chi connectivity index (χ0v) is 10.4. The summed E-state index contributed by atoms with van der Waals surface area (Å²) in [5.41, 5.74) is 2.78. The molecule has 0 heterocycles. The predicted molar refractivity (Wildman–Crippen MR) is 69.4 cm³/mol. The fourth-order valence-electron chi connectivity index (χ4n) is 2.67. The normalized spacial score (nSPS) is 23.5. The number of rotatable bonds is 4. The average molecular weight is 228 g/mol. The number of nitrogens with one attached hydrogen (secondary N) is 1. The highest BCUT2D eigenvalue weighted by atomic mass is 14.9. The third-order valence-electron chi connectivity index (χ3n) is 3.74. The highest BCUT2D eigenvalue weighted by molar-refractivity contribution is 5.27. The van der Waals surface area contributed by atoms with Gasteiger partial charge in [0.25, 0.3) is 0 Å². The number of hydrogen-bond acceptors (Lipinski definition) is 2. The van der Waals surface area contributed by atoms with E-state index in [9.17, 15) is 0 Å². The molecule has 1 aromatic carbocycles. The predicted octanol–water partition coefficient (Wildman–Crippen LogP) is 3.03. The van der Waals surface area contributed by atoms with Gasteiger partial charge in [-0.1, -0.05) is 37.6 Å². The first-order chi connectivity index (χ1) is 8.35. The number of hydrogen-bond donors (Lipinski definition) is 1. The monoisotopic (exact) mass is 228 g/mol. The van der Waals surface area contributed by atoms with Gasteiger partial charge >= 0.3 is 0 Å². The summed E-state index contributed by atoms with van der Waals surface area (Å²) < 4.78 is 0. The molecule has 0 saturated heterocycles. The molecule has 0 aromatic heterocycles. The summed E-state index contributed by atoms with van der Waals surface area (Å²) >= 11 is 0. The Labute approximate surface area is 104 Å². The van der Waals surface area contributed by atoms with Crippen molar-refractivity contribution in [3.8, 4) is 6.07 Å². The number of nitrogens with zero attached hydrogens (tertiary/aromatic N) is 1. The molecule has 2 heteroatoms. The first-order valence-electron chi connectivity index (χ1n) is 6.55. The Hall–Kier alpha value is -1.33. The van der Waals surface area contributed by atoms with Crippen LogP contribution in [0.15, 0.2) is 24.3 Å². The Morgan fingerprint density at radius 1 is 1.29 bits per heavy atom. The van der Waals surface area contributed by atoms with E-state index in [2.05, 4.69) is 42.6 Å². The van der Waals surface area contributed by atoms with Gasteiger partial charge in [0.2, 0.25) is 0 Å². The fraction of sp³-hybridized carbons (Fsp3) is 0.533. The zero-order chi connectivity index (χ0) is 12.1. The van der Waals surface area contributed by atoms with E-state index >= 15 is 0 Å². The summed E-state index contributed by atoms with van der Waals surface area (Å²) in [6.07, 6.45) is 4.46. The van der Waals surface area contributed by atoms with Crippen LogP contribution in [0.1, 0.15) is 37.3 Å². The van der Waals surface area contributed by atoms with Gasteiger partial charge in [-0.05, 0) is 30.4 Å². The number of aryl methyl sites for hydroxylation is 1. The van der Waals surface area contributed by atoms with Crippen LogP contribution in [0.4, 0.5) is 0 Å². The van der Waals surface area contributed by atoms with Gasteiger partial charge in [-0.15, -0.1) is 0 Å². The smallest absolute Gasteiger partial charge is 0.0672 e. The van der Waals surface area contributed by atoms with Crippen molar-refractivity contribution in [3.05, 3.63) is 35.4 Å². The minimum Gasteiger partial charge on any atom is -0.309 e. The van der Waals surface area contributed by atoms with Gasteiger partial charge in [-0.2, -0.15) is 5.26 Å². The molecule has 1 fully saturated rings. The van der Waals surface area contributed by atoms with E-state index in [-0.39, 0.29) is 5.92 Å². The van der Waals surface area contributed by atoms with Crippen LogP contribution in [0.2, 0.25) is 0 Å².